The van der Waals surface area contributed by atoms with E-state index < -0.39 is 82.6 Å². The van der Waals surface area contributed by atoms with E-state index >= 15 is 0 Å². The molecule has 0 radical (unpaired) electrons. The third kappa shape index (κ3) is 5.49. The number of carbonyl (C=O) groups is 3. The van der Waals surface area contributed by atoms with Crippen LogP contribution < -0.4 is 10.1 Å². The molecule has 5 N–H and O–H groups in total. The van der Waals surface area contributed by atoms with Crippen molar-refractivity contribution in [3.63, 3.8) is 0 Å². The number of phenolic OH excluding ortho intramolecular Hbond substituents is 2. The Morgan fingerprint density at radius 3 is 2.51 bits per heavy atom. The fraction of sp³-hybridized carbons (Fsp3) is 0.382. The van der Waals surface area contributed by atoms with E-state index in [1.807, 2.05) is 0 Å². The van der Waals surface area contributed by atoms with Gasteiger partial charge in [0, 0.05) is 48.5 Å². The summed E-state index contributed by atoms with van der Waals surface area (Å²) in [5, 5.41) is 51.7. The molecule has 6 atom stereocenters. The highest BCUT2D eigenvalue weighted by Crippen LogP contribution is 2.52. The van der Waals surface area contributed by atoms with Crippen LogP contribution in [0.2, 0.25) is 0 Å². The van der Waals surface area contributed by atoms with Crippen LogP contribution in [0, 0.1) is 4.91 Å². The highest BCUT2D eigenvalue weighted by Gasteiger charge is 2.49. The van der Waals surface area contributed by atoms with Crippen LogP contribution in [0.5, 0.6) is 17.2 Å². The summed E-state index contributed by atoms with van der Waals surface area (Å²) in [5.41, 5.74) is -2.19. The van der Waals surface area contributed by atoms with Crippen LogP contribution in [-0.2, 0) is 27.2 Å². The number of carbonyl (C=O) groups excluding carboxylic acids is 3. The van der Waals surface area contributed by atoms with Gasteiger partial charge in [-0.15, -0.1) is 4.91 Å². The number of hydrogen-bond acceptors (Lipinski definition) is 13. The average Bonchev–Trinajstić information content (AvgIpc) is 3.05. The Morgan fingerprint density at radius 2 is 1.81 bits per heavy atom. The maximum Gasteiger partial charge on any atom is 0.202 e. The van der Waals surface area contributed by atoms with Crippen molar-refractivity contribution in [3.05, 3.63) is 86.3 Å². The summed E-state index contributed by atoms with van der Waals surface area (Å²) in [7, 11) is 1.34. The fourth-order valence-corrected chi connectivity index (χ4v) is 6.80. The van der Waals surface area contributed by atoms with Crippen LogP contribution in [0.1, 0.15) is 81.3 Å². The molecule has 246 valence electrons. The molecule has 6 rings (SSSR count). The molecular formula is C34H34N2O11. The molecule has 1 saturated heterocycles. The van der Waals surface area contributed by atoms with Gasteiger partial charge in [-0.2, -0.15) is 0 Å². The fourth-order valence-electron chi connectivity index (χ4n) is 6.80. The summed E-state index contributed by atoms with van der Waals surface area (Å²) < 4.78 is 17.6. The smallest absolute Gasteiger partial charge is 0.202 e. The topological polar surface area (TPSA) is 201 Å². The van der Waals surface area contributed by atoms with Gasteiger partial charge in [0.15, 0.2) is 17.9 Å². The number of nitroso groups, excluding NO2 is 1. The monoisotopic (exact) mass is 646 g/mol. The first-order valence-corrected chi connectivity index (χ1v) is 15.1. The molecule has 1 aliphatic heterocycles. The number of phenols is 2. The SMILES string of the molecule is COc1cccc2c1C(=O)c1c(O)c3c(c(O)c1C2=O)C[C@@](O)(C(C)=O)C[C@@H]3OC1CC(NCc2cccc(N=O)c2)C(O)C(C)O1. The Bertz CT molecular complexity index is 1810. The van der Waals surface area contributed by atoms with Crippen LogP contribution in [0.25, 0.3) is 0 Å². The number of nitrogens with zero attached hydrogens (tertiary/aromatic N) is 1. The zero-order valence-corrected chi connectivity index (χ0v) is 25.9. The Kier molecular flexibility index (Phi) is 8.45. The molecule has 0 saturated carbocycles. The number of aliphatic hydroxyl groups excluding tert-OH is 1. The summed E-state index contributed by atoms with van der Waals surface area (Å²) in [4.78, 5) is 51.2. The van der Waals surface area contributed by atoms with Crippen molar-refractivity contribution in [2.45, 2.75) is 75.9 Å². The molecule has 0 aromatic heterocycles. The minimum atomic E-state index is -2.05. The van der Waals surface area contributed by atoms with Crippen molar-refractivity contribution in [1.82, 2.24) is 5.32 Å². The molecule has 3 aromatic rings. The third-order valence-electron chi connectivity index (χ3n) is 9.34. The number of rotatable bonds is 8. The van der Waals surface area contributed by atoms with Gasteiger partial charge in [0.2, 0.25) is 5.78 Å². The molecule has 0 spiro atoms. The van der Waals surface area contributed by atoms with Gasteiger partial charge in [-0.3, -0.25) is 14.4 Å². The Hall–Kier alpha value is -4.53. The Morgan fingerprint density at radius 1 is 1.09 bits per heavy atom. The molecule has 13 heteroatoms. The van der Waals surface area contributed by atoms with Gasteiger partial charge in [-0.05, 0) is 42.8 Å². The van der Waals surface area contributed by atoms with E-state index in [1.54, 1.807) is 31.2 Å². The zero-order valence-electron chi connectivity index (χ0n) is 25.9. The minimum Gasteiger partial charge on any atom is -0.507 e. The lowest BCUT2D eigenvalue weighted by Gasteiger charge is -2.43. The second-order valence-corrected chi connectivity index (χ2v) is 12.2. The minimum absolute atomic E-state index is 0.0298. The number of aromatic hydroxyl groups is 2. The van der Waals surface area contributed by atoms with Crippen molar-refractivity contribution >= 4 is 23.0 Å². The largest absolute Gasteiger partial charge is 0.507 e. The molecule has 0 amide bonds. The standard InChI is InChI=1S/C34H34N2O11/c1-15-29(38)21(35-14-17-6-4-7-18(10-17)36-44)11-24(46-15)47-23-13-34(43,16(2)37)12-20-26(23)33(42)28-27(31(20)40)30(39)19-8-5-9-22(45-3)25(19)32(28)41/h4-10,15,21,23-24,29,35,38,40,42-43H,11-14H2,1-3H3/t15?,21?,23-,24?,29?,34-/m0/s1. The van der Waals surface area contributed by atoms with Gasteiger partial charge in [0.1, 0.15) is 28.5 Å². The third-order valence-corrected chi connectivity index (χ3v) is 9.34. The van der Waals surface area contributed by atoms with Crippen molar-refractivity contribution in [1.29, 1.82) is 0 Å². The summed E-state index contributed by atoms with van der Waals surface area (Å²) in [6.07, 6.45) is -4.75. The van der Waals surface area contributed by atoms with Crippen LogP contribution >= 0.6 is 0 Å². The van der Waals surface area contributed by atoms with E-state index in [-0.39, 0.29) is 53.1 Å². The van der Waals surface area contributed by atoms with E-state index in [4.69, 9.17) is 14.2 Å². The number of fused-ring (bicyclic) bond motifs is 3. The Labute approximate surface area is 269 Å². The number of hydrogen-bond donors (Lipinski definition) is 5. The summed E-state index contributed by atoms with van der Waals surface area (Å²) in [6, 6.07) is 10.5. The van der Waals surface area contributed by atoms with Crippen LogP contribution in [0.15, 0.2) is 47.6 Å². The van der Waals surface area contributed by atoms with E-state index in [2.05, 4.69) is 10.5 Å². The van der Waals surface area contributed by atoms with E-state index in [0.717, 1.165) is 5.56 Å². The quantitative estimate of drug-likeness (QED) is 0.138. The maximum absolute atomic E-state index is 13.8. The average molecular weight is 647 g/mol. The number of aliphatic hydroxyl groups is 2. The number of nitrogens with one attached hydrogen (secondary N) is 1. The number of ketones is 3. The molecule has 1 heterocycles. The number of methoxy groups -OCH3 is 1. The summed E-state index contributed by atoms with van der Waals surface area (Å²) in [5.74, 6) is -3.28. The first-order chi connectivity index (χ1) is 22.4. The van der Waals surface area contributed by atoms with Gasteiger partial charge in [-0.25, -0.2) is 0 Å². The van der Waals surface area contributed by atoms with E-state index in [0.29, 0.717) is 0 Å². The predicted octanol–water partition coefficient (Wildman–Crippen LogP) is 3.26. The second-order valence-electron chi connectivity index (χ2n) is 12.2. The van der Waals surface area contributed by atoms with Crippen molar-refractivity contribution < 1.29 is 49.0 Å². The molecule has 3 aliphatic rings. The molecule has 2 aliphatic carbocycles. The van der Waals surface area contributed by atoms with Gasteiger partial charge in [0.05, 0.1) is 42.1 Å². The highest BCUT2D eigenvalue weighted by molar-refractivity contribution is 6.31. The van der Waals surface area contributed by atoms with Crippen molar-refractivity contribution in [3.8, 4) is 17.2 Å². The van der Waals surface area contributed by atoms with Crippen molar-refractivity contribution in [2.24, 2.45) is 5.18 Å². The molecule has 3 aromatic carbocycles. The van der Waals surface area contributed by atoms with Crippen LogP contribution in [-0.4, -0.2) is 75.0 Å². The van der Waals surface area contributed by atoms with Crippen LogP contribution in [0.4, 0.5) is 5.69 Å². The van der Waals surface area contributed by atoms with Gasteiger partial charge in [0.25, 0.3) is 0 Å². The number of Topliss-reactive ketones (excluding diaryl/α,β-unsaturated/α-hetero) is 1. The van der Waals surface area contributed by atoms with Gasteiger partial charge >= 0.3 is 0 Å². The van der Waals surface area contributed by atoms with Crippen LogP contribution in [0.3, 0.4) is 0 Å². The second kappa shape index (κ2) is 12.2. The first-order valence-electron chi connectivity index (χ1n) is 15.1. The lowest BCUT2D eigenvalue weighted by atomic mass is 9.72. The van der Waals surface area contributed by atoms with Gasteiger partial charge in [-0.1, -0.05) is 24.3 Å². The lowest BCUT2D eigenvalue weighted by molar-refractivity contribution is -0.249. The molecule has 47 heavy (non-hydrogen) atoms. The number of ether oxygens (including phenoxy) is 3. The Balaban J connectivity index is 1.37. The molecular weight excluding hydrogens is 612 g/mol. The molecule has 4 unspecified atom stereocenters. The summed E-state index contributed by atoms with van der Waals surface area (Å²) in [6.45, 7) is 3.10. The summed E-state index contributed by atoms with van der Waals surface area (Å²) >= 11 is 0. The first kappa shape index (κ1) is 32.4. The van der Waals surface area contributed by atoms with Gasteiger partial charge < -0.3 is 40.0 Å². The number of benzene rings is 3. The maximum atomic E-state index is 13.8. The lowest BCUT2D eigenvalue weighted by Crippen LogP contribution is -2.54. The normalized spacial score (nSPS) is 26.6. The van der Waals surface area contributed by atoms with E-state index in [1.165, 1.54) is 32.2 Å². The van der Waals surface area contributed by atoms with Crippen molar-refractivity contribution in [2.75, 3.05) is 7.11 Å². The molecule has 13 nitrogen and oxygen atoms in total. The molecule has 1 fully saturated rings. The zero-order chi connectivity index (χ0) is 33.8. The van der Waals surface area contributed by atoms with E-state index in [9.17, 15) is 39.7 Å². The predicted molar refractivity (Wildman–Crippen MR) is 165 cm³/mol. The molecule has 0 bridgehead atoms. The highest BCUT2D eigenvalue weighted by atomic mass is 16.7.